The second-order valence-corrected chi connectivity index (χ2v) is 20.7. The molecule has 15 heteroatoms. The molecule has 14 nitrogen and oxygen atoms in total. The standard InChI is InChI=1S/C51H71N7O7S/c1-11-57-41-17-16-33-22-36(41)38(45(57)37-23-34(25-52-43(37)31(6)62-10)32-18-20-56(9)35(21-32)26-63-12-2)24-51(7,8)28-65-50(61)39-15-14-19-58(55-39)49(60)44(54-47(59)42-29(4)30(42)5)46(64-13-3)48-53-40(33)27-66-48/h16-17,22-23,25,27,29-32,35,39,42,44,46,55H,11-15,18-21,24,26,28H2,1-10H3,(H,54,59)/t29-,30+,31-,32-,35+,39-,42?,44-,46-/m0/s1. The lowest BCUT2D eigenvalue weighted by atomic mass is 9.82. The van der Waals surface area contributed by atoms with Crippen LogP contribution in [-0.2, 0) is 46.3 Å². The highest BCUT2D eigenvalue weighted by Gasteiger charge is 2.50. The van der Waals surface area contributed by atoms with Crippen molar-refractivity contribution < 1.29 is 33.3 Å². The number of carbonyl (C=O) groups excluding carboxylic acids is 3. The number of nitrogens with zero attached hydrogens (tertiary/aromatic N) is 5. The number of piperidine rings is 1. The second-order valence-electron chi connectivity index (χ2n) is 19.8. The van der Waals surface area contributed by atoms with Gasteiger partial charge >= 0.3 is 5.97 Å². The maximum absolute atomic E-state index is 14.7. The lowest BCUT2D eigenvalue weighted by molar-refractivity contribution is -0.156. The molecule has 1 unspecified atom stereocenters. The molecule has 2 N–H and O–H groups in total. The van der Waals surface area contributed by atoms with Gasteiger partial charge in [-0.1, -0.05) is 33.8 Å². The number of rotatable bonds is 12. The van der Waals surface area contributed by atoms with E-state index in [2.05, 4.69) is 99.3 Å². The second kappa shape index (κ2) is 20.1. The number of ether oxygens (including phenoxy) is 4. The monoisotopic (exact) mass is 926 g/mol. The molecule has 358 valence electrons. The number of aromatic nitrogens is 3. The van der Waals surface area contributed by atoms with Gasteiger partial charge in [0, 0.05) is 84.4 Å². The van der Waals surface area contributed by atoms with Crippen molar-refractivity contribution in [3.05, 3.63) is 57.7 Å². The lowest BCUT2D eigenvalue weighted by Crippen LogP contribution is -2.61. The molecule has 0 radical (unpaired) electrons. The third-order valence-electron chi connectivity index (χ3n) is 14.8. The smallest absolute Gasteiger partial charge is 0.324 e. The average Bonchev–Trinajstić information content (AvgIpc) is 3.58. The van der Waals surface area contributed by atoms with Crippen LogP contribution in [0.2, 0.25) is 0 Å². The quantitative estimate of drug-likeness (QED) is 0.134. The Bertz CT molecular complexity index is 2390. The van der Waals surface area contributed by atoms with E-state index >= 15 is 0 Å². The number of likely N-dealkylation sites (N-methyl/N-ethyl adjacent to an activating group) is 1. The zero-order valence-corrected chi connectivity index (χ0v) is 41.5. The number of aryl methyl sites for hydroxylation is 1. The third kappa shape index (κ3) is 9.71. The van der Waals surface area contributed by atoms with Crippen LogP contribution in [0.25, 0.3) is 33.4 Å². The molecule has 1 aliphatic carbocycles. The number of pyridine rings is 1. The Morgan fingerprint density at radius 2 is 1.88 bits per heavy atom. The minimum absolute atomic E-state index is 0.157. The van der Waals surface area contributed by atoms with Crippen molar-refractivity contribution in [2.24, 2.45) is 23.2 Å². The summed E-state index contributed by atoms with van der Waals surface area (Å²) < 4.78 is 27.0. The number of benzene rings is 1. The first kappa shape index (κ1) is 48.2. The van der Waals surface area contributed by atoms with Gasteiger partial charge in [-0.05, 0) is 120 Å². The van der Waals surface area contributed by atoms with Crippen LogP contribution in [-0.4, -0.2) is 114 Å². The van der Waals surface area contributed by atoms with Crippen molar-refractivity contribution in [2.45, 2.75) is 130 Å². The third-order valence-corrected chi connectivity index (χ3v) is 15.7. The number of nitrogens with one attached hydrogen (secondary N) is 2. The topological polar surface area (TPSA) is 149 Å². The van der Waals surface area contributed by atoms with E-state index in [0.717, 1.165) is 64.1 Å². The van der Waals surface area contributed by atoms with Gasteiger partial charge in [-0.2, -0.15) is 0 Å². The minimum Gasteiger partial charge on any atom is -0.464 e. The molecule has 1 saturated carbocycles. The molecule has 3 aromatic heterocycles. The molecule has 4 aromatic rings. The molecule has 2 amide bonds. The van der Waals surface area contributed by atoms with Crippen LogP contribution < -0.4 is 10.7 Å². The SMILES string of the molecule is CCOC[C@H]1C[C@@H](c2cnc([C@H](C)OC)c(-c3c4c5cc(ccc5n3CC)-c3csc(n3)[C@@H](OCC)[C@H](NC(=O)C3[C@@H](C)[C@H]3C)C(=O)N3CCC[C@H](N3)C(=O)OCC(C)(C)C4)c2)CCN1C. The molecule has 3 aliphatic heterocycles. The predicted octanol–water partition coefficient (Wildman–Crippen LogP) is 7.85. The summed E-state index contributed by atoms with van der Waals surface area (Å²) in [6, 6.07) is 7.39. The summed E-state index contributed by atoms with van der Waals surface area (Å²) in [5.41, 5.74) is 10.8. The molecule has 4 aliphatic rings. The van der Waals surface area contributed by atoms with Crippen molar-refractivity contribution in [3.8, 4) is 22.5 Å². The highest BCUT2D eigenvalue weighted by molar-refractivity contribution is 7.10. The fraction of sp³-hybridized carbons (Fsp3) is 0.627. The molecule has 6 heterocycles. The van der Waals surface area contributed by atoms with Gasteiger partial charge in [0.2, 0.25) is 5.91 Å². The first-order valence-corrected chi connectivity index (χ1v) is 25.1. The lowest BCUT2D eigenvalue weighted by Gasteiger charge is -2.37. The summed E-state index contributed by atoms with van der Waals surface area (Å²) in [6.45, 7) is 20.5. The summed E-state index contributed by atoms with van der Waals surface area (Å²) >= 11 is 1.42. The zero-order valence-electron chi connectivity index (χ0n) is 40.6. The first-order valence-electron chi connectivity index (χ1n) is 24.3. The van der Waals surface area contributed by atoms with Crippen LogP contribution in [0.4, 0.5) is 0 Å². The number of methoxy groups -OCH3 is 1. The van der Waals surface area contributed by atoms with E-state index in [4.69, 9.17) is 28.9 Å². The maximum Gasteiger partial charge on any atom is 0.324 e. The van der Waals surface area contributed by atoms with E-state index in [-0.39, 0.29) is 42.3 Å². The summed E-state index contributed by atoms with van der Waals surface area (Å²) in [6.07, 6.45) is 4.61. The number of likely N-dealkylation sites (tertiary alicyclic amines) is 1. The number of fused-ring (bicyclic) bond motifs is 6. The number of cyclic esters (lactones) is 1. The van der Waals surface area contributed by atoms with Crippen molar-refractivity contribution in [1.82, 2.24) is 35.2 Å². The first-order chi connectivity index (χ1) is 31.7. The molecule has 2 saturated heterocycles. The number of amides is 2. The van der Waals surface area contributed by atoms with Crippen molar-refractivity contribution in [1.29, 1.82) is 0 Å². The number of thiazole rings is 1. The van der Waals surface area contributed by atoms with Crippen LogP contribution in [0.1, 0.15) is 121 Å². The molecule has 0 spiro atoms. The van der Waals surface area contributed by atoms with E-state index in [1.54, 1.807) is 7.11 Å². The Kier molecular flexibility index (Phi) is 14.7. The van der Waals surface area contributed by atoms with Crippen LogP contribution in [0.3, 0.4) is 0 Å². The Morgan fingerprint density at radius 3 is 2.59 bits per heavy atom. The number of carbonyl (C=O) groups is 3. The summed E-state index contributed by atoms with van der Waals surface area (Å²) in [4.78, 5) is 55.3. The van der Waals surface area contributed by atoms with Gasteiger partial charge in [0.1, 0.15) is 23.2 Å². The minimum atomic E-state index is -1.08. The Balaban J connectivity index is 1.28. The Morgan fingerprint density at radius 1 is 1.09 bits per heavy atom. The summed E-state index contributed by atoms with van der Waals surface area (Å²) in [5, 5.41) is 8.26. The van der Waals surface area contributed by atoms with Gasteiger partial charge in [-0.25, -0.2) is 10.4 Å². The van der Waals surface area contributed by atoms with E-state index < -0.39 is 29.6 Å². The fourth-order valence-electron chi connectivity index (χ4n) is 10.5. The van der Waals surface area contributed by atoms with Crippen LogP contribution in [0, 0.1) is 23.2 Å². The molecule has 3 fully saturated rings. The molecule has 66 heavy (non-hydrogen) atoms. The van der Waals surface area contributed by atoms with E-state index in [1.807, 2.05) is 19.2 Å². The summed E-state index contributed by atoms with van der Waals surface area (Å²) in [7, 11) is 3.93. The number of hydrogen-bond donors (Lipinski definition) is 2. The van der Waals surface area contributed by atoms with Crippen molar-refractivity contribution in [3.63, 3.8) is 0 Å². The fourth-order valence-corrected chi connectivity index (χ4v) is 11.4. The van der Waals surface area contributed by atoms with E-state index in [9.17, 15) is 14.4 Å². The molecule has 1 aromatic carbocycles. The van der Waals surface area contributed by atoms with Gasteiger partial charge in [-0.3, -0.25) is 24.4 Å². The molecule has 9 atom stereocenters. The van der Waals surface area contributed by atoms with Gasteiger partial charge in [-0.15, -0.1) is 11.3 Å². The predicted molar refractivity (Wildman–Crippen MR) is 257 cm³/mol. The Labute approximate surface area is 394 Å². The van der Waals surface area contributed by atoms with Gasteiger partial charge < -0.3 is 33.7 Å². The average molecular weight is 926 g/mol. The van der Waals surface area contributed by atoms with E-state index in [1.165, 1.54) is 21.9 Å². The zero-order chi connectivity index (χ0) is 47.0. The van der Waals surface area contributed by atoms with E-state index in [0.29, 0.717) is 69.1 Å². The summed E-state index contributed by atoms with van der Waals surface area (Å²) in [5.74, 6) is -0.425. The van der Waals surface area contributed by atoms with Gasteiger partial charge in [0.15, 0.2) is 0 Å². The largest absolute Gasteiger partial charge is 0.464 e. The molecule has 8 rings (SSSR count). The Hall–Kier alpha value is -4.25. The van der Waals surface area contributed by atoms with Crippen molar-refractivity contribution in [2.75, 3.05) is 53.7 Å². The highest BCUT2D eigenvalue weighted by Crippen LogP contribution is 2.46. The molecular formula is C51H71N7O7S. The number of hydrazine groups is 1. The van der Waals surface area contributed by atoms with Gasteiger partial charge in [0.05, 0.1) is 36.4 Å². The maximum atomic E-state index is 14.7. The van der Waals surface area contributed by atoms with Crippen LogP contribution in [0.15, 0.2) is 35.8 Å². The highest BCUT2D eigenvalue weighted by atomic mass is 32.1. The molecule has 6 bridgehead atoms. The molecular weight excluding hydrogens is 855 g/mol. The number of esters is 1. The number of hydrogen-bond acceptors (Lipinski definition) is 12. The van der Waals surface area contributed by atoms with Crippen LogP contribution in [0.5, 0.6) is 0 Å². The van der Waals surface area contributed by atoms with Crippen LogP contribution >= 0.6 is 11.3 Å². The van der Waals surface area contributed by atoms with Crippen molar-refractivity contribution >= 4 is 40.0 Å². The normalized spacial score (nSPS) is 27.6. The van der Waals surface area contributed by atoms with Gasteiger partial charge in [0.25, 0.3) is 5.91 Å².